The number of hydrogen-bond donors (Lipinski definition) is 1. The SMILES string of the molecule is CC1(C)C2CCC1(C)C(O)(C(=O)CCl)C2. The molecular weight excluding hydrogens is 212 g/mol. The Labute approximate surface area is 96.0 Å². The van der Waals surface area contributed by atoms with E-state index >= 15 is 0 Å². The molecule has 3 unspecified atom stereocenters. The lowest BCUT2D eigenvalue weighted by molar-refractivity contribution is -0.152. The average Bonchev–Trinajstić information content (AvgIpc) is 2.48. The van der Waals surface area contributed by atoms with E-state index in [1.54, 1.807) is 0 Å². The van der Waals surface area contributed by atoms with Crippen molar-refractivity contribution in [2.45, 2.75) is 45.6 Å². The van der Waals surface area contributed by atoms with Crippen LogP contribution < -0.4 is 0 Å². The molecule has 2 aliphatic rings. The van der Waals surface area contributed by atoms with Crippen molar-refractivity contribution in [3.8, 4) is 0 Å². The largest absolute Gasteiger partial charge is 0.381 e. The van der Waals surface area contributed by atoms with Crippen LogP contribution in [0.15, 0.2) is 0 Å². The van der Waals surface area contributed by atoms with Crippen LogP contribution in [0.2, 0.25) is 0 Å². The van der Waals surface area contributed by atoms with Crippen LogP contribution in [0, 0.1) is 16.7 Å². The van der Waals surface area contributed by atoms with E-state index in [0.717, 1.165) is 12.8 Å². The monoisotopic (exact) mass is 230 g/mol. The lowest BCUT2D eigenvalue weighted by Gasteiger charge is -2.43. The van der Waals surface area contributed by atoms with Crippen LogP contribution in [0.25, 0.3) is 0 Å². The summed E-state index contributed by atoms with van der Waals surface area (Å²) in [7, 11) is 0. The predicted octanol–water partition coefficient (Wildman–Crippen LogP) is 2.37. The van der Waals surface area contributed by atoms with E-state index in [1.165, 1.54) is 0 Å². The highest BCUT2D eigenvalue weighted by Crippen LogP contribution is 2.69. The van der Waals surface area contributed by atoms with Gasteiger partial charge in [-0.15, -0.1) is 11.6 Å². The first-order valence-corrected chi connectivity index (χ1v) is 6.15. The number of Topliss-reactive ketones (excluding diaryl/α,β-unsaturated/α-hetero) is 1. The minimum absolute atomic E-state index is 0.0451. The molecule has 2 saturated carbocycles. The molecule has 2 fully saturated rings. The van der Waals surface area contributed by atoms with Crippen LogP contribution in [0.4, 0.5) is 0 Å². The molecule has 2 nitrogen and oxygen atoms in total. The van der Waals surface area contributed by atoms with Gasteiger partial charge in [-0.3, -0.25) is 4.79 Å². The first-order chi connectivity index (χ1) is 6.79. The van der Waals surface area contributed by atoms with E-state index in [0.29, 0.717) is 12.3 Å². The standard InChI is InChI=1S/C12H19ClO2/c1-10(2)8-4-5-11(10,3)12(15,6-8)9(14)7-13/h8,15H,4-7H2,1-3H3. The number of hydrogen-bond acceptors (Lipinski definition) is 2. The highest BCUT2D eigenvalue weighted by Gasteiger charge is 2.70. The van der Waals surface area contributed by atoms with E-state index in [9.17, 15) is 9.90 Å². The number of carbonyl (C=O) groups excluding carboxylic acids is 1. The van der Waals surface area contributed by atoms with Gasteiger partial charge in [-0.05, 0) is 30.6 Å². The van der Waals surface area contributed by atoms with Gasteiger partial charge in [0.15, 0.2) is 5.78 Å². The molecule has 15 heavy (non-hydrogen) atoms. The van der Waals surface area contributed by atoms with Crippen molar-refractivity contribution in [2.24, 2.45) is 16.7 Å². The van der Waals surface area contributed by atoms with Gasteiger partial charge < -0.3 is 5.11 Å². The van der Waals surface area contributed by atoms with Crippen molar-refractivity contribution in [3.05, 3.63) is 0 Å². The molecule has 0 aromatic carbocycles. The number of alkyl halides is 1. The van der Waals surface area contributed by atoms with Gasteiger partial charge >= 0.3 is 0 Å². The first-order valence-electron chi connectivity index (χ1n) is 5.61. The average molecular weight is 231 g/mol. The number of ketones is 1. The highest BCUT2D eigenvalue weighted by atomic mass is 35.5. The number of halogens is 1. The first kappa shape index (κ1) is 11.4. The van der Waals surface area contributed by atoms with E-state index in [-0.39, 0.29) is 22.5 Å². The highest BCUT2D eigenvalue weighted by molar-refractivity contribution is 6.29. The van der Waals surface area contributed by atoms with Gasteiger partial charge in [-0.1, -0.05) is 20.8 Å². The predicted molar refractivity (Wildman–Crippen MR) is 59.9 cm³/mol. The summed E-state index contributed by atoms with van der Waals surface area (Å²) in [5.74, 6) is 0.191. The Balaban J connectivity index is 2.45. The summed E-state index contributed by atoms with van der Waals surface area (Å²) in [6.45, 7) is 6.39. The number of carbonyl (C=O) groups is 1. The number of aliphatic hydroxyl groups is 1. The van der Waals surface area contributed by atoms with E-state index in [4.69, 9.17) is 11.6 Å². The quantitative estimate of drug-likeness (QED) is 0.740. The Morgan fingerprint density at radius 3 is 2.40 bits per heavy atom. The van der Waals surface area contributed by atoms with Gasteiger partial charge in [0.2, 0.25) is 0 Å². The van der Waals surface area contributed by atoms with E-state index < -0.39 is 5.60 Å². The fourth-order valence-corrected chi connectivity index (χ4v) is 4.03. The summed E-state index contributed by atoms with van der Waals surface area (Å²) in [5, 5.41) is 10.6. The van der Waals surface area contributed by atoms with Crippen molar-refractivity contribution < 1.29 is 9.90 Å². The second-order valence-electron chi connectivity index (χ2n) is 5.91. The van der Waals surface area contributed by atoms with Crippen LogP contribution in [0.1, 0.15) is 40.0 Å². The zero-order valence-corrected chi connectivity index (χ0v) is 10.4. The minimum atomic E-state index is -1.18. The molecule has 0 amide bonds. The van der Waals surface area contributed by atoms with Gasteiger partial charge in [0.05, 0.1) is 5.88 Å². The van der Waals surface area contributed by atoms with Crippen molar-refractivity contribution in [1.82, 2.24) is 0 Å². The van der Waals surface area contributed by atoms with E-state index in [1.807, 2.05) is 6.92 Å². The van der Waals surface area contributed by atoms with Crippen LogP contribution in [-0.4, -0.2) is 22.4 Å². The summed E-state index contributed by atoms with van der Waals surface area (Å²) in [5.41, 5.74) is -1.43. The Kier molecular flexibility index (Phi) is 2.27. The molecule has 86 valence electrons. The molecule has 3 atom stereocenters. The summed E-state index contributed by atoms with van der Waals surface area (Å²) >= 11 is 5.60. The molecule has 0 aliphatic heterocycles. The Morgan fingerprint density at radius 2 is 2.07 bits per heavy atom. The van der Waals surface area contributed by atoms with Crippen molar-refractivity contribution in [2.75, 3.05) is 5.88 Å². The van der Waals surface area contributed by atoms with Crippen LogP contribution in [-0.2, 0) is 4.79 Å². The lowest BCUT2D eigenvalue weighted by atomic mass is 9.63. The molecule has 0 saturated heterocycles. The van der Waals surface area contributed by atoms with Gasteiger partial charge in [0, 0.05) is 5.41 Å². The van der Waals surface area contributed by atoms with Gasteiger partial charge in [0.1, 0.15) is 5.60 Å². The molecule has 0 heterocycles. The van der Waals surface area contributed by atoms with Gasteiger partial charge in [-0.25, -0.2) is 0 Å². The third kappa shape index (κ3) is 1.07. The molecule has 1 N–H and O–H groups in total. The Bertz CT molecular complexity index is 313. The second-order valence-corrected chi connectivity index (χ2v) is 6.18. The smallest absolute Gasteiger partial charge is 0.179 e. The molecule has 2 bridgehead atoms. The Hall–Kier alpha value is -0.0800. The molecule has 2 rings (SSSR count). The zero-order chi connectivity index (χ0) is 11.5. The van der Waals surface area contributed by atoms with Gasteiger partial charge in [-0.2, -0.15) is 0 Å². The van der Waals surface area contributed by atoms with Crippen molar-refractivity contribution in [1.29, 1.82) is 0 Å². The van der Waals surface area contributed by atoms with E-state index in [2.05, 4.69) is 13.8 Å². The normalized spacial score (nSPS) is 47.1. The fraction of sp³-hybridized carbons (Fsp3) is 0.917. The van der Waals surface area contributed by atoms with Crippen LogP contribution in [0.5, 0.6) is 0 Å². The molecule has 2 aliphatic carbocycles. The summed E-state index contributed by atoms with van der Waals surface area (Å²) in [4.78, 5) is 11.8. The maximum absolute atomic E-state index is 11.8. The van der Waals surface area contributed by atoms with Crippen LogP contribution in [0.3, 0.4) is 0 Å². The molecule has 0 radical (unpaired) electrons. The van der Waals surface area contributed by atoms with Crippen LogP contribution >= 0.6 is 11.6 Å². The van der Waals surface area contributed by atoms with Crippen molar-refractivity contribution in [3.63, 3.8) is 0 Å². The zero-order valence-electron chi connectivity index (χ0n) is 9.64. The topological polar surface area (TPSA) is 37.3 Å². The molecular formula is C12H19ClO2. The van der Waals surface area contributed by atoms with Gasteiger partial charge in [0.25, 0.3) is 0 Å². The Morgan fingerprint density at radius 1 is 1.47 bits per heavy atom. The maximum Gasteiger partial charge on any atom is 0.179 e. The molecule has 3 heteroatoms. The molecule has 0 spiro atoms. The summed E-state index contributed by atoms with van der Waals surface area (Å²) in [6.07, 6.45) is 2.66. The third-order valence-electron chi connectivity index (χ3n) is 5.47. The summed E-state index contributed by atoms with van der Waals surface area (Å²) in [6, 6.07) is 0. The lowest BCUT2D eigenvalue weighted by Crippen LogP contribution is -2.53. The number of fused-ring (bicyclic) bond motifs is 2. The summed E-state index contributed by atoms with van der Waals surface area (Å²) < 4.78 is 0. The molecule has 0 aromatic rings. The number of rotatable bonds is 2. The third-order valence-corrected chi connectivity index (χ3v) is 5.72. The fourth-order valence-electron chi connectivity index (χ4n) is 3.81. The maximum atomic E-state index is 11.8. The molecule has 0 aromatic heterocycles. The van der Waals surface area contributed by atoms with Crippen molar-refractivity contribution >= 4 is 17.4 Å². The second kappa shape index (κ2) is 2.98. The minimum Gasteiger partial charge on any atom is -0.381 e.